The van der Waals surface area contributed by atoms with Crippen molar-refractivity contribution in [3.05, 3.63) is 28.2 Å². The summed E-state index contributed by atoms with van der Waals surface area (Å²) in [6.45, 7) is 2.05. The number of rotatable bonds is 9. The minimum atomic E-state index is -3.05. The van der Waals surface area contributed by atoms with E-state index in [-0.39, 0.29) is 30.4 Å². The number of amides is 1. The number of carbonyl (C=O) groups is 1. The molecule has 0 spiro atoms. The molecule has 0 saturated heterocycles. The van der Waals surface area contributed by atoms with E-state index in [4.69, 9.17) is 27.9 Å². The van der Waals surface area contributed by atoms with E-state index >= 15 is 0 Å². The van der Waals surface area contributed by atoms with Crippen molar-refractivity contribution in [2.45, 2.75) is 19.8 Å². The predicted octanol–water partition coefficient (Wildman–Crippen LogP) is 2.70. The Hall–Kier alpha value is -0.980. The van der Waals surface area contributed by atoms with E-state index in [2.05, 4.69) is 5.32 Å². The van der Waals surface area contributed by atoms with Crippen LogP contribution in [-0.4, -0.2) is 39.0 Å². The standard InChI is InChI=1S/C14H19Cl2NO4S/c1-2-22(19,20)9-7-17-14(18)4-3-8-21-13-6-5-11(15)10-12(13)16/h5-6,10H,2-4,7-9H2,1H3,(H,17,18). The summed E-state index contributed by atoms with van der Waals surface area (Å²) in [4.78, 5) is 11.5. The molecule has 1 N–H and O–H groups in total. The molecular weight excluding hydrogens is 349 g/mol. The SMILES string of the molecule is CCS(=O)(=O)CCNC(=O)CCCOc1ccc(Cl)cc1Cl. The maximum absolute atomic E-state index is 11.5. The second-order valence-electron chi connectivity index (χ2n) is 4.61. The van der Waals surface area contributed by atoms with Crippen LogP contribution < -0.4 is 10.1 Å². The van der Waals surface area contributed by atoms with E-state index in [1.54, 1.807) is 25.1 Å². The minimum Gasteiger partial charge on any atom is -0.492 e. The van der Waals surface area contributed by atoms with Crippen LogP contribution in [0.2, 0.25) is 10.0 Å². The molecule has 124 valence electrons. The summed E-state index contributed by atoms with van der Waals surface area (Å²) < 4.78 is 28.0. The van der Waals surface area contributed by atoms with Crippen molar-refractivity contribution < 1.29 is 17.9 Å². The van der Waals surface area contributed by atoms with E-state index in [0.717, 1.165) is 0 Å². The summed E-state index contributed by atoms with van der Waals surface area (Å²) in [7, 11) is -3.05. The molecule has 5 nitrogen and oxygen atoms in total. The van der Waals surface area contributed by atoms with Gasteiger partial charge in [0.2, 0.25) is 5.91 Å². The molecule has 1 aromatic rings. The summed E-state index contributed by atoms with van der Waals surface area (Å²) in [6, 6.07) is 4.92. The number of halogens is 2. The van der Waals surface area contributed by atoms with Crippen LogP contribution in [0.4, 0.5) is 0 Å². The number of sulfone groups is 1. The largest absolute Gasteiger partial charge is 0.492 e. The van der Waals surface area contributed by atoms with Gasteiger partial charge in [0.05, 0.1) is 17.4 Å². The quantitative estimate of drug-likeness (QED) is 0.681. The fourth-order valence-corrected chi connectivity index (χ4v) is 2.75. The van der Waals surface area contributed by atoms with Gasteiger partial charge in [-0.25, -0.2) is 8.42 Å². The number of hydrogen-bond acceptors (Lipinski definition) is 4. The van der Waals surface area contributed by atoms with Crippen LogP contribution in [0.25, 0.3) is 0 Å². The molecular formula is C14H19Cl2NO4S. The second kappa shape index (κ2) is 9.22. The van der Waals surface area contributed by atoms with Crippen molar-refractivity contribution >= 4 is 38.9 Å². The molecule has 0 aliphatic carbocycles. The summed E-state index contributed by atoms with van der Waals surface area (Å²) >= 11 is 11.7. The maximum atomic E-state index is 11.5. The molecule has 0 fully saturated rings. The van der Waals surface area contributed by atoms with E-state index in [1.807, 2.05) is 0 Å². The van der Waals surface area contributed by atoms with Crippen LogP contribution in [0, 0.1) is 0 Å². The van der Waals surface area contributed by atoms with Crippen molar-refractivity contribution in [1.29, 1.82) is 0 Å². The third kappa shape index (κ3) is 7.33. The lowest BCUT2D eigenvalue weighted by Gasteiger charge is -2.08. The maximum Gasteiger partial charge on any atom is 0.220 e. The molecule has 1 rings (SSSR count). The first-order chi connectivity index (χ1) is 10.3. The summed E-state index contributed by atoms with van der Waals surface area (Å²) in [5.41, 5.74) is 0. The first-order valence-corrected chi connectivity index (χ1v) is 9.47. The summed E-state index contributed by atoms with van der Waals surface area (Å²) in [6.07, 6.45) is 0.767. The number of nitrogens with one attached hydrogen (secondary N) is 1. The molecule has 0 aliphatic heterocycles. The molecule has 0 aromatic heterocycles. The topological polar surface area (TPSA) is 72.5 Å². The van der Waals surface area contributed by atoms with Crippen molar-refractivity contribution in [2.75, 3.05) is 24.7 Å². The monoisotopic (exact) mass is 367 g/mol. The molecule has 1 aromatic carbocycles. The van der Waals surface area contributed by atoms with Crippen LogP contribution in [0.1, 0.15) is 19.8 Å². The Balaban J connectivity index is 2.20. The van der Waals surface area contributed by atoms with Gasteiger partial charge < -0.3 is 10.1 Å². The lowest BCUT2D eigenvalue weighted by Crippen LogP contribution is -2.29. The van der Waals surface area contributed by atoms with Crippen LogP contribution in [-0.2, 0) is 14.6 Å². The zero-order valence-corrected chi connectivity index (χ0v) is 14.6. The highest BCUT2D eigenvalue weighted by Crippen LogP contribution is 2.27. The van der Waals surface area contributed by atoms with Gasteiger partial charge in [-0.3, -0.25) is 4.79 Å². The minimum absolute atomic E-state index is 0.0356. The van der Waals surface area contributed by atoms with Gasteiger partial charge in [0.15, 0.2) is 9.84 Å². The molecule has 0 saturated carbocycles. The van der Waals surface area contributed by atoms with E-state index < -0.39 is 9.84 Å². The van der Waals surface area contributed by atoms with Crippen LogP contribution in [0.5, 0.6) is 5.75 Å². The summed E-state index contributed by atoms with van der Waals surface area (Å²) in [5, 5.41) is 3.52. The van der Waals surface area contributed by atoms with Gasteiger partial charge in [-0.05, 0) is 24.6 Å². The average Bonchev–Trinajstić information content (AvgIpc) is 2.45. The Labute approximate surface area is 140 Å². The Bertz CT molecular complexity index is 605. The number of ether oxygens (including phenoxy) is 1. The zero-order valence-electron chi connectivity index (χ0n) is 12.3. The van der Waals surface area contributed by atoms with E-state index in [9.17, 15) is 13.2 Å². The van der Waals surface area contributed by atoms with Gasteiger partial charge in [0.1, 0.15) is 5.75 Å². The highest BCUT2D eigenvalue weighted by atomic mass is 35.5. The van der Waals surface area contributed by atoms with Gasteiger partial charge in [-0.2, -0.15) is 0 Å². The van der Waals surface area contributed by atoms with Crippen molar-refractivity contribution in [3.8, 4) is 5.75 Å². The molecule has 0 atom stereocenters. The Morgan fingerprint density at radius 1 is 1.32 bits per heavy atom. The highest BCUT2D eigenvalue weighted by Gasteiger charge is 2.08. The predicted molar refractivity (Wildman–Crippen MR) is 88.5 cm³/mol. The van der Waals surface area contributed by atoms with E-state index in [1.165, 1.54) is 0 Å². The third-order valence-corrected chi connectivity index (χ3v) is 5.11. The lowest BCUT2D eigenvalue weighted by atomic mass is 10.3. The first-order valence-electron chi connectivity index (χ1n) is 6.89. The van der Waals surface area contributed by atoms with Crippen molar-refractivity contribution in [2.24, 2.45) is 0 Å². The molecule has 1 amide bonds. The normalized spacial score (nSPS) is 11.2. The summed E-state index contributed by atoms with van der Waals surface area (Å²) in [5.74, 6) is 0.364. The number of hydrogen-bond donors (Lipinski definition) is 1. The fourth-order valence-electron chi connectivity index (χ4n) is 1.59. The van der Waals surface area contributed by atoms with Gasteiger partial charge in [-0.1, -0.05) is 30.1 Å². The number of benzene rings is 1. The van der Waals surface area contributed by atoms with E-state index in [0.29, 0.717) is 28.8 Å². The Morgan fingerprint density at radius 2 is 2.05 bits per heavy atom. The Morgan fingerprint density at radius 3 is 2.68 bits per heavy atom. The molecule has 0 bridgehead atoms. The molecule has 0 unspecified atom stereocenters. The zero-order chi connectivity index (χ0) is 16.6. The molecule has 22 heavy (non-hydrogen) atoms. The lowest BCUT2D eigenvalue weighted by molar-refractivity contribution is -0.121. The van der Waals surface area contributed by atoms with Crippen LogP contribution in [0.3, 0.4) is 0 Å². The highest BCUT2D eigenvalue weighted by molar-refractivity contribution is 7.91. The van der Waals surface area contributed by atoms with Crippen LogP contribution >= 0.6 is 23.2 Å². The molecule has 0 radical (unpaired) electrons. The molecule has 0 heterocycles. The van der Waals surface area contributed by atoms with Crippen molar-refractivity contribution in [3.63, 3.8) is 0 Å². The molecule has 8 heteroatoms. The van der Waals surface area contributed by atoms with Crippen molar-refractivity contribution in [1.82, 2.24) is 5.32 Å². The first kappa shape index (κ1) is 19.1. The average molecular weight is 368 g/mol. The van der Waals surface area contributed by atoms with Gasteiger partial charge >= 0.3 is 0 Å². The smallest absolute Gasteiger partial charge is 0.220 e. The van der Waals surface area contributed by atoms with Crippen LogP contribution in [0.15, 0.2) is 18.2 Å². The van der Waals surface area contributed by atoms with Gasteiger partial charge in [0.25, 0.3) is 0 Å². The molecule has 0 aliphatic rings. The van der Waals surface area contributed by atoms with Gasteiger partial charge in [0, 0.05) is 23.7 Å². The van der Waals surface area contributed by atoms with Gasteiger partial charge in [-0.15, -0.1) is 0 Å². The second-order valence-corrected chi connectivity index (χ2v) is 7.93. The number of carbonyl (C=O) groups excluding carboxylic acids is 1. The third-order valence-electron chi connectivity index (χ3n) is 2.87. The Kier molecular flexibility index (Phi) is 8.00. The fraction of sp³-hybridized carbons (Fsp3) is 0.500.